The molecule has 0 aliphatic carbocycles. The molecule has 0 bridgehead atoms. The van der Waals surface area contributed by atoms with E-state index in [9.17, 15) is 14.4 Å². The van der Waals surface area contributed by atoms with Crippen LogP contribution in [0.25, 0.3) is 11.2 Å². The first kappa shape index (κ1) is 16.6. The summed E-state index contributed by atoms with van der Waals surface area (Å²) < 4.78 is 4.07. The third-order valence-electron chi connectivity index (χ3n) is 3.98. The van der Waals surface area contributed by atoms with Crippen molar-refractivity contribution in [3.05, 3.63) is 51.7 Å². The fourth-order valence-electron chi connectivity index (χ4n) is 2.64. The molecular formula is C16H18N6O3. The molecular weight excluding hydrogens is 324 g/mol. The number of anilines is 1. The van der Waals surface area contributed by atoms with Crippen molar-refractivity contribution >= 4 is 22.8 Å². The van der Waals surface area contributed by atoms with E-state index >= 15 is 0 Å². The molecule has 3 aromatic rings. The van der Waals surface area contributed by atoms with Crippen molar-refractivity contribution in [1.82, 2.24) is 23.7 Å². The topological polar surface area (TPSA) is 104 Å². The average molecular weight is 342 g/mol. The Bertz CT molecular complexity index is 1030. The summed E-state index contributed by atoms with van der Waals surface area (Å²) >= 11 is 0. The second-order valence-corrected chi connectivity index (χ2v) is 5.70. The second-order valence-electron chi connectivity index (χ2n) is 5.70. The molecule has 9 heteroatoms. The molecule has 1 N–H and O–H groups in total. The van der Waals surface area contributed by atoms with Gasteiger partial charge in [-0.15, -0.1) is 0 Å². The maximum Gasteiger partial charge on any atom is 0.332 e. The first-order valence-corrected chi connectivity index (χ1v) is 7.80. The number of carbonyl (C=O) groups excluding carboxylic acids is 1. The molecule has 0 aliphatic heterocycles. The van der Waals surface area contributed by atoms with Crippen LogP contribution in [0, 0.1) is 0 Å². The Labute approximate surface area is 142 Å². The number of nitrogens with one attached hydrogen (secondary N) is 1. The van der Waals surface area contributed by atoms with Gasteiger partial charge in [0, 0.05) is 45.1 Å². The molecule has 0 saturated heterocycles. The van der Waals surface area contributed by atoms with Crippen molar-refractivity contribution in [1.29, 1.82) is 0 Å². The molecule has 0 fully saturated rings. The van der Waals surface area contributed by atoms with Gasteiger partial charge in [-0.25, -0.2) is 9.78 Å². The fourth-order valence-corrected chi connectivity index (χ4v) is 2.64. The number of imidazole rings is 1. The number of carbonyl (C=O) groups is 1. The molecule has 3 heterocycles. The zero-order valence-corrected chi connectivity index (χ0v) is 14.0. The minimum absolute atomic E-state index is 0.115. The predicted molar refractivity (Wildman–Crippen MR) is 92.3 cm³/mol. The highest BCUT2D eigenvalue weighted by molar-refractivity contribution is 5.90. The first-order chi connectivity index (χ1) is 12.0. The molecule has 3 aromatic heterocycles. The molecule has 0 saturated carbocycles. The quantitative estimate of drug-likeness (QED) is 0.716. The van der Waals surface area contributed by atoms with Gasteiger partial charge in [-0.05, 0) is 18.6 Å². The molecule has 0 radical (unpaired) electrons. The fraction of sp³-hybridized carbons (Fsp3) is 0.312. The van der Waals surface area contributed by atoms with Crippen LogP contribution < -0.4 is 16.6 Å². The molecule has 0 aromatic carbocycles. The monoisotopic (exact) mass is 342 g/mol. The Morgan fingerprint density at radius 1 is 1.16 bits per heavy atom. The lowest BCUT2D eigenvalue weighted by atomic mass is 10.2. The number of rotatable bonds is 5. The maximum absolute atomic E-state index is 12.3. The molecule has 25 heavy (non-hydrogen) atoms. The van der Waals surface area contributed by atoms with Crippen LogP contribution in [0.3, 0.4) is 0 Å². The van der Waals surface area contributed by atoms with E-state index in [0.29, 0.717) is 36.2 Å². The van der Waals surface area contributed by atoms with Crippen LogP contribution >= 0.6 is 0 Å². The molecule has 9 nitrogen and oxygen atoms in total. The molecule has 0 unspecified atom stereocenters. The number of hydrogen-bond acceptors (Lipinski definition) is 5. The lowest BCUT2D eigenvalue weighted by Gasteiger charge is -2.07. The zero-order valence-electron chi connectivity index (χ0n) is 14.0. The number of amides is 1. The summed E-state index contributed by atoms with van der Waals surface area (Å²) in [7, 11) is 3.01. The number of aryl methyl sites for hydroxylation is 2. The molecule has 0 spiro atoms. The van der Waals surface area contributed by atoms with Gasteiger partial charge in [0.2, 0.25) is 5.91 Å². The highest BCUT2D eigenvalue weighted by Crippen LogP contribution is 2.08. The van der Waals surface area contributed by atoms with Gasteiger partial charge < -0.3 is 9.88 Å². The van der Waals surface area contributed by atoms with Crippen LogP contribution in [0.2, 0.25) is 0 Å². The third kappa shape index (κ3) is 3.21. The molecule has 130 valence electrons. The van der Waals surface area contributed by atoms with Crippen molar-refractivity contribution in [2.75, 3.05) is 5.32 Å². The Morgan fingerprint density at radius 2 is 1.88 bits per heavy atom. The average Bonchev–Trinajstić information content (AvgIpc) is 3.03. The van der Waals surface area contributed by atoms with E-state index in [1.165, 1.54) is 17.9 Å². The van der Waals surface area contributed by atoms with E-state index in [0.717, 1.165) is 4.57 Å². The van der Waals surface area contributed by atoms with Crippen LogP contribution in [0.1, 0.15) is 12.8 Å². The molecule has 1 amide bonds. The Balaban J connectivity index is 1.71. The summed E-state index contributed by atoms with van der Waals surface area (Å²) in [5, 5.41) is 2.78. The van der Waals surface area contributed by atoms with Gasteiger partial charge in [-0.1, -0.05) is 0 Å². The Kier molecular flexibility index (Phi) is 4.46. The van der Waals surface area contributed by atoms with Gasteiger partial charge in [0.25, 0.3) is 5.56 Å². The number of pyridine rings is 1. The number of hydrogen-bond donors (Lipinski definition) is 1. The minimum atomic E-state index is -0.417. The predicted octanol–water partition coefficient (Wildman–Crippen LogP) is 0.248. The smallest absolute Gasteiger partial charge is 0.326 e. The van der Waals surface area contributed by atoms with Crippen LogP contribution in [0.4, 0.5) is 5.69 Å². The largest absolute Gasteiger partial charge is 0.332 e. The lowest BCUT2D eigenvalue weighted by molar-refractivity contribution is -0.116. The highest BCUT2D eigenvalue weighted by atomic mass is 16.2. The van der Waals surface area contributed by atoms with Gasteiger partial charge in [0.15, 0.2) is 11.2 Å². The summed E-state index contributed by atoms with van der Waals surface area (Å²) in [6, 6.07) is 3.43. The van der Waals surface area contributed by atoms with Crippen molar-refractivity contribution in [3.63, 3.8) is 0 Å². The van der Waals surface area contributed by atoms with E-state index in [-0.39, 0.29) is 5.91 Å². The van der Waals surface area contributed by atoms with Crippen molar-refractivity contribution < 1.29 is 4.79 Å². The summed E-state index contributed by atoms with van der Waals surface area (Å²) in [6.45, 7) is 0.452. The van der Waals surface area contributed by atoms with Gasteiger partial charge >= 0.3 is 5.69 Å². The summed E-state index contributed by atoms with van der Waals surface area (Å²) in [6.07, 6.45) is 5.56. The Hall–Kier alpha value is -3.23. The van der Waals surface area contributed by atoms with Crippen molar-refractivity contribution in [2.45, 2.75) is 19.4 Å². The van der Waals surface area contributed by atoms with Gasteiger partial charge in [0.1, 0.15) is 0 Å². The number of aromatic nitrogens is 5. The van der Waals surface area contributed by atoms with E-state index in [4.69, 9.17) is 0 Å². The standard InChI is InChI=1S/C16H18N6O3/c1-20-14-13(15(24)21(2)16(20)25)22(10-18-14)9-3-4-12(23)19-11-5-7-17-8-6-11/h5-8,10H,3-4,9H2,1-2H3,(H,17,19,23). The SMILES string of the molecule is Cn1c(=O)c2c(ncn2CCCC(=O)Nc2ccncc2)n(C)c1=O. The number of fused-ring (bicyclic) bond motifs is 1. The summed E-state index contributed by atoms with van der Waals surface area (Å²) in [4.78, 5) is 44.2. The molecule has 3 rings (SSSR count). The van der Waals surface area contributed by atoms with Crippen LogP contribution in [0.5, 0.6) is 0 Å². The summed E-state index contributed by atoms with van der Waals surface area (Å²) in [5.41, 5.74) is 0.585. The lowest BCUT2D eigenvalue weighted by Crippen LogP contribution is -2.37. The molecule has 0 aliphatic rings. The normalized spacial score (nSPS) is 11.0. The zero-order chi connectivity index (χ0) is 18.0. The van der Waals surface area contributed by atoms with E-state index in [1.54, 1.807) is 36.1 Å². The van der Waals surface area contributed by atoms with Gasteiger partial charge in [-0.2, -0.15) is 0 Å². The highest BCUT2D eigenvalue weighted by Gasteiger charge is 2.14. The van der Waals surface area contributed by atoms with Crippen LogP contribution in [0.15, 0.2) is 40.4 Å². The third-order valence-corrected chi connectivity index (χ3v) is 3.98. The number of nitrogens with zero attached hydrogens (tertiary/aromatic N) is 5. The van der Waals surface area contributed by atoms with Gasteiger partial charge in [0.05, 0.1) is 6.33 Å². The minimum Gasteiger partial charge on any atom is -0.326 e. The Morgan fingerprint density at radius 3 is 2.60 bits per heavy atom. The van der Waals surface area contributed by atoms with E-state index in [2.05, 4.69) is 15.3 Å². The van der Waals surface area contributed by atoms with Crippen LogP contribution in [-0.4, -0.2) is 29.6 Å². The second kappa shape index (κ2) is 6.71. The summed E-state index contributed by atoms with van der Waals surface area (Å²) in [5.74, 6) is -0.115. The van der Waals surface area contributed by atoms with Crippen molar-refractivity contribution in [2.24, 2.45) is 14.1 Å². The van der Waals surface area contributed by atoms with Gasteiger partial charge in [-0.3, -0.25) is 23.7 Å². The first-order valence-electron chi connectivity index (χ1n) is 7.80. The van der Waals surface area contributed by atoms with E-state index in [1.807, 2.05) is 0 Å². The maximum atomic E-state index is 12.3. The molecule has 0 atom stereocenters. The van der Waals surface area contributed by atoms with Crippen LogP contribution in [-0.2, 0) is 25.4 Å². The van der Waals surface area contributed by atoms with E-state index < -0.39 is 11.2 Å². The van der Waals surface area contributed by atoms with Crippen molar-refractivity contribution in [3.8, 4) is 0 Å².